The molecule has 2 aromatic rings. The molecule has 1 atom stereocenters. The van der Waals surface area contributed by atoms with Crippen molar-refractivity contribution in [3.63, 3.8) is 0 Å². The number of ether oxygens (including phenoxy) is 1. The van der Waals surface area contributed by atoms with Crippen molar-refractivity contribution in [1.82, 2.24) is 4.72 Å². The second-order valence-electron chi connectivity index (χ2n) is 5.98. The molecule has 6 nitrogen and oxygen atoms in total. The minimum atomic E-state index is -4.80. The van der Waals surface area contributed by atoms with E-state index in [1.165, 1.54) is 36.4 Å². The van der Waals surface area contributed by atoms with Crippen LogP contribution in [0.3, 0.4) is 0 Å². The summed E-state index contributed by atoms with van der Waals surface area (Å²) in [5.74, 6) is -0.947. The van der Waals surface area contributed by atoms with Crippen molar-refractivity contribution in [2.45, 2.75) is 37.6 Å². The molecule has 0 aromatic heterocycles. The number of nitrogens with one attached hydrogen (secondary N) is 2. The molecular weight excluding hydrogens is 397 g/mol. The second-order valence-corrected chi connectivity index (χ2v) is 7.70. The van der Waals surface area contributed by atoms with Crippen molar-refractivity contribution >= 4 is 21.6 Å². The quantitative estimate of drug-likeness (QED) is 0.717. The lowest BCUT2D eigenvalue weighted by molar-refractivity contribution is -0.274. The van der Waals surface area contributed by atoms with Crippen LogP contribution in [0.4, 0.5) is 18.9 Å². The average molecular weight is 416 g/mol. The minimum absolute atomic E-state index is 0.0259. The molecule has 0 aliphatic heterocycles. The van der Waals surface area contributed by atoms with E-state index in [0.717, 1.165) is 12.1 Å². The number of alkyl halides is 3. The fourth-order valence-corrected chi connectivity index (χ4v) is 3.47. The summed E-state index contributed by atoms with van der Waals surface area (Å²) in [6.07, 6.45) is -4.16. The first-order valence-electron chi connectivity index (χ1n) is 8.30. The van der Waals surface area contributed by atoms with Crippen LogP contribution in [-0.2, 0) is 10.0 Å². The number of halogens is 3. The molecule has 152 valence electrons. The Morgan fingerprint density at radius 3 is 2.14 bits per heavy atom. The van der Waals surface area contributed by atoms with Gasteiger partial charge in [-0.15, -0.1) is 13.2 Å². The van der Waals surface area contributed by atoms with E-state index >= 15 is 0 Å². The van der Waals surface area contributed by atoms with Gasteiger partial charge in [-0.3, -0.25) is 4.79 Å². The summed E-state index contributed by atoms with van der Waals surface area (Å²) < 4.78 is 67.1. The monoisotopic (exact) mass is 416 g/mol. The van der Waals surface area contributed by atoms with E-state index < -0.39 is 28.0 Å². The zero-order valence-corrected chi connectivity index (χ0v) is 15.9. The van der Waals surface area contributed by atoms with Crippen molar-refractivity contribution in [3.8, 4) is 5.75 Å². The highest BCUT2D eigenvalue weighted by molar-refractivity contribution is 7.89. The van der Waals surface area contributed by atoms with E-state index in [1.807, 2.05) is 6.92 Å². The van der Waals surface area contributed by atoms with E-state index in [9.17, 15) is 26.4 Å². The topological polar surface area (TPSA) is 84.5 Å². The van der Waals surface area contributed by atoms with Crippen molar-refractivity contribution in [3.05, 3.63) is 54.1 Å². The first-order chi connectivity index (χ1) is 13.0. The Kier molecular flexibility index (Phi) is 6.68. The average Bonchev–Trinajstić information content (AvgIpc) is 2.61. The Morgan fingerprint density at radius 1 is 1.07 bits per heavy atom. The smallest absolute Gasteiger partial charge is 0.406 e. The van der Waals surface area contributed by atoms with E-state index in [4.69, 9.17) is 0 Å². The van der Waals surface area contributed by atoms with Gasteiger partial charge >= 0.3 is 6.36 Å². The van der Waals surface area contributed by atoms with E-state index in [1.54, 1.807) is 6.92 Å². The molecule has 2 N–H and O–H groups in total. The summed E-state index contributed by atoms with van der Waals surface area (Å²) in [5.41, 5.74) is 0.452. The molecule has 1 amide bonds. The predicted octanol–water partition coefficient (Wildman–Crippen LogP) is 3.91. The molecule has 10 heteroatoms. The maximum Gasteiger partial charge on any atom is 0.573 e. The first kappa shape index (κ1) is 21.7. The van der Waals surface area contributed by atoms with Crippen LogP contribution in [0.15, 0.2) is 53.4 Å². The molecule has 28 heavy (non-hydrogen) atoms. The largest absolute Gasteiger partial charge is 0.573 e. The van der Waals surface area contributed by atoms with Crippen LogP contribution in [0, 0.1) is 0 Å². The van der Waals surface area contributed by atoms with Gasteiger partial charge in [0.15, 0.2) is 0 Å². The van der Waals surface area contributed by atoms with Gasteiger partial charge in [0.2, 0.25) is 10.0 Å². The molecule has 0 heterocycles. The summed E-state index contributed by atoms with van der Waals surface area (Å²) in [7, 11) is -3.68. The molecule has 0 bridgehead atoms. The van der Waals surface area contributed by atoms with Gasteiger partial charge in [0.1, 0.15) is 5.75 Å². The number of rotatable bonds is 7. The van der Waals surface area contributed by atoms with E-state index in [-0.39, 0.29) is 22.2 Å². The molecule has 0 saturated carbocycles. The van der Waals surface area contributed by atoms with Crippen LogP contribution in [0.5, 0.6) is 5.75 Å². The number of benzene rings is 2. The van der Waals surface area contributed by atoms with Gasteiger partial charge in [-0.25, -0.2) is 13.1 Å². The first-order valence-corrected chi connectivity index (χ1v) is 9.78. The van der Waals surface area contributed by atoms with Gasteiger partial charge in [0.25, 0.3) is 5.91 Å². The number of hydrogen-bond donors (Lipinski definition) is 2. The molecule has 0 fully saturated rings. The highest BCUT2D eigenvalue weighted by Gasteiger charge is 2.31. The Morgan fingerprint density at radius 2 is 1.64 bits per heavy atom. The van der Waals surface area contributed by atoms with Crippen LogP contribution in [0.2, 0.25) is 0 Å². The molecule has 0 aliphatic rings. The van der Waals surface area contributed by atoms with E-state index in [2.05, 4.69) is 14.8 Å². The number of hydrogen-bond acceptors (Lipinski definition) is 4. The maximum absolute atomic E-state index is 12.2. The predicted molar refractivity (Wildman–Crippen MR) is 97.6 cm³/mol. The van der Waals surface area contributed by atoms with Crippen LogP contribution in [0.25, 0.3) is 0 Å². The molecule has 0 aliphatic carbocycles. The molecule has 1 unspecified atom stereocenters. The molecule has 0 radical (unpaired) electrons. The zero-order chi connectivity index (χ0) is 20.9. The fourth-order valence-electron chi connectivity index (χ4n) is 2.14. The molecule has 2 rings (SSSR count). The Bertz CT molecular complexity index is 911. The summed E-state index contributed by atoms with van der Waals surface area (Å²) in [5, 5.41) is 2.51. The van der Waals surface area contributed by atoms with Gasteiger partial charge < -0.3 is 10.1 Å². The number of sulfonamides is 1. The van der Waals surface area contributed by atoms with Crippen molar-refractivity contribution < 1.29 is 31.1 Å². The van der Waals surface area contributed by atoms with Crippen LogP contribution >= 0.6 is 0 Å². The van der Waals surface area contributed by atoms with Crippen LogP contribution in [-0.4, -0.2) is 26.7 Å². The maximum atomic E-state index is 12.2. The molecule has 0 saturated heterocycles. The third-order valence-electron chi connectivity index (χ3n) is 3.74. The van der Waals surface area contributed by atoms with Gasteiger partial charge in [0.05, 0.1) is 4.90 Å². The summed E-state index contributed by atoms with van der Waals surface area (Å²) in [6, 6.07) is 9.74. The van der Waals surface area contributed by atoms with Gasteiger partial charge in [0, 0.05) is 17.3 Å². The lowest BCUT2D eigenvalue weighted by Crippen LogP contribution is -2.32. The van der Waals surface area contributed by atoms with Crippen LogP contribution < -0.4 is 14.8 Å². The van der Waals surface area contributed by atoms with E-state index in [0.29, 0.717) is 6.42 Å². The Hall–Kier alpha value is -2.59. The van der Waals surface area contributed by atoms with Crippen LogP contribution in [0.1, 0.15) is 30.6 Å². The zero-order valence-electron chi connectivity index (χ0n) is 15.1. The third kappa shape index (κ3) is 6.24. The fraction of sp³-hybridized carbons (Fsp3) is 0.278. The third-order valence-corrected chi connectivity index (χ3v) is 5.35. The number of anilines is 1. The summed E-state index contributed by atoms with van der Waals surface area (Å²) in [4.78, 5) is 12.3. The van der Waals surface area contributed by atoms with Crippen molar-refractivity contribution in [2.24, 2.45) is 0 Å². The molecule has 2 aromatic carbocycles. The van der Waals surface area contributed by atoms with Crippen molar-refractivity contribution in [2.75, 3.05) is 5.32 Å². The Labute approximate surface area is 160 Å². The van der Waals surface area contributed by atoms with Gasteiger partial charge in [-0.2, -0.15) is 0 Å². The normalized spacial score (nSPS) is 13.0. The lowest BCUT2D eigenvalue weighted by Gasteiger charge is -2.12. The number of carbonyl (C=O) groups is 1. The summed E-state index contributed by atoms with van der Waals surface area (Å²) >= 11 is 0. The minimum Gasteiger partial charge on any atom is -0.406 e. The highest BCUT2D eigenvalue weighted by atomic mass is 32.2. The molecular formula is C18H19F3N2O4S. The molecule has 0 spiro atoms. The Balaban J connectivity index is 2.05. The highest BCUT2D eigenvalue weighted by Crippen LogP contribution is 2.24. The standard InChI is InChI=1S/C18H19F3N2O4S/c1-3-12(2)23-28(25,26)16-10-4-13(5-11-16)17(24)22-14-6-8-15(9-7-14)27-18(19,20)21/h4-12,23H,3H2,1-2H3,(H,22,24). The van der Waals surface area contributed by atoms with Crippen molar-refractivity contribution in [1.29, 1.82) is 0 Å². The lowest BCUT2D eigenvalue weighted by atomic mass is 10.2. The number of carbonyl (C=O) groups excluding carboxylic acids is 1. The van der Waals surface area contributed by atoms with Gasteiger partial charge in [-0.1, -0.05) is 6.92 Å². The van der Waals surface area contributed by atoms with Gasteiger partial charge in [-0.05, 0) is 61.9 Å². The number of amides is 1. The SMILES string of the molecule is CCC(C)NS(=O)(=O)c1ccc(C(=O)Nc2ccc(OC(F)(F)F)cc2)cc1. The second kappa shape index (κ2) is 8.61. The summed E-state index contributed by atoms with van der Waals surface area (Å²) in [6.45, 7) is 3.59.